The van der Waals surface area contributed by atoms with Crippen LogP contribution in [0.15, 0.2) is 35.3 Å². The Morgan fingerprint density at radius 1 is 1.00 bits per heavy atom. The van der Waals surface area contributed by atoms with Crippen LogP contribution in [0.25, 0.3) is 0 Å². The highest BCUT2D eigenvalue weighted by Gasteiger charge is 2.30. The Morgan fingerprint density at radius 2 is 1.72 bits per heavy atom. The predicted molar refractivity (Wildman–Crippen MR) is 142 cm³/mol. The zero-order valence-corrected chi connectivity index (χ0v) is 22.0. The molecule has 0 spiro atoms. The third-order valence-electron chi connectivity index (χ3n) is 6.88. The van der Waals surface area contributed by atoms with E-state index in [1.807, 2.05) is 7.05 Å². The van der Waals surface area contributed by atoms with Crippen molar-refractivity contribution in [2.24, 2.45) is 4.99 Å². The lowest BCUT2D eigenvalue weighted by Gasteiger charge is -2.34. The molecular formula is C24H41IN6O. The van der Waals surface area contributed by atoms with Crippen LogP contribution in [0.5, 0.6) is 0 Å². The first-order valence-corrected chi connectivity index (χ1v) is 12.1. The first-order valence-electron chi connectivity index (χ1n) is 12.1. The minimum absolute atomic E-state index is 0. The molecule has 3 saturated heterocycles. The van der Waals surface area contributed by atoms with Gasteiger partial charge in [0.1, 0.15) is 0 Å². The van der Waals surface area contributed by atoms with Crippen molar-refractivity contribution >= 4 is 29.9 Å². The lowest BCUT2D eigenvalue weighted by Crippen LogP contribution is -2.47. The topological polar surface area (TPSA) is 46.6 Å². The van der Waals surface area contributed by atoms with E-state index in [9.17, 15) is 0 Å². The minimum Gasteiger partial charge on any atom is -0.379 e. The van der Waals surface area contributed by atoms with Crippen molar-refractivity contribution in [2.75, 3.05) is 85.7 Å². The van der Waals surface area contributed by atoms with Crippen LogP contribution in [0.3, 0.4) is 0 Å². The summed E-state index contributed by atoms with van der Waals surface area (Å²) in [7, 11) is 1.91. The molecule has 0 radical (unpaired) electrons. The molecule has 1 N–H and O–H groups in total. The fourth-order valence-corrected chi connectivity index (χ4v) is 5.02. The van der Waals surface area contributed by atoms with E-state index in [-0.39, 0.29) is 24.0 Å². The molecule has 3 heterocycles. The number of rotatable bonds is 7. The maximum absolute atomic E-state index is 5.50. The quantitative estimate of drug-likeness (QED) is 0.239. The van der Waals surface area contributed by atoms with Gasteiger partial charge < -0.3 is 19.9 Å². The van der Waals surface area contributed by atoms with Crippen LogP contribution in [0, 0.1) is 0 Å². The van der Waals surface area contributed by atoms with E-state index < -0.39 is 0 Å². The molecule has 0 amide bonds. The fourth-order valence-electron chi connectivity index (χ4n) is 5.02. The summed E-state index contributed by atoms with van der Waals surface area (Å²) >= 11 is 0. The van der Waals surface area contributed by atoms with Crippen molar-refractivity contribution in [3.63, 3.8) is 0 Å². The van der Waals surface area contributed by atoms with E-state index in [0.29, 0.717) is 6.04 Å². The van der Waals surface area contributed by atoms with Crippen molar-refractivity contribution in [3.8, 4) is 0 Å². The maximum atomic E-state index is 5.50. The second-order valence-corrected chi connectivity index (χ2v) is 8.97. The average Bonchev–Trinajstić information content (AvgIpc) is 3.32. The monoisotopic (exact) mass is 556 g/mol. The van der Waals surface area contributed by atoms with Gasteiger partial charge in [-0.15, -0.1) is 24.0 Å². The molecule has 0 aliphatic carbocycles. The number of guanidine groups is 1. The Kier molecular flexibility index (Phi) is 11.0. The Morgan fingerprint density at radius 3 is 2.44 bits per heavy atom. The summed E-state index contributed by atoms with van der Waals surface area (Å²) in [5, 5.41) is 3.61. The van der Waals surface area contributed by atoms with Crippen molar-refractivity contribution in [3.05, 3.63) is 35.9 Å². The third kappa shape index (κ3) is 7.55. The molecule has 3 fully saturated rings. The van der Waals surface area contributed by atoms with Gasteiger partial charge in [0.15, 0.2) is 5.96 Å². The van der Waals surface area contributed by atoms with Gasteiger partial charge in [-0.25, -0.2) is 0 Å². The molecule has 1 unspecified atom stereocenters. The van der Waals surface area contributed by atoms with E-state index >= 15 is 0 Å². The molecule has 7 nitrogen and oxygen atoms in total. The largest absolute Gasteiger partial charge is 0.379 e. The predicted octanol–water partition coefficient (Wildman–Crippen LogP) is 1.79. The fraction of sp³-hybridized carbons (Fsp3) is 0.708. The molecule has 0 saturated carbocycles. The highest BCUT2D eigenvalue weighted by molar-refractivity contribution is 14.0. The maximum Gasteiger partial charge on any atom is 0.193 e. The van der Waals surface area contributed by atoms with E-state index in [0.717, 1.165) is 58.4 Å². The number of nitrogens with zero attached hydrogens (tertiary/aromatic N) is 5. The summed E-state index contributed by atoms with van der Waals surface area (Å²) in [4.78, 5) is 14.8. The molecule has 1 aromatic rings. The van der Waals surface area contributed by atoms with Crippen LogP contribution < -0.4 is 5.32 Å². The van der Waals surface area contributed by atoms with Gasteiger partial charge in [0.05, 0.1) is 13.2 Å². The van der Waals surface area contributed by atoms with Gasteiger partial charge in [-0.2, -0.15) is 0 Å². The third-order valence-corrected chi connectivity index (χ3v) is 6.88. The van der Waals surface area contributed by atoms with Crippen LogP contribution in [-0.2, 0) is 11.3 Å². The van der Waals surface area contributed by atoms with Gasteiger partial charge >= 0.3 is 0 Å². The molecule has 1 atom stereocenters. The summed E-state index contributed by atoms with van der Waals surface area (Å²) in [5.41, 5.74) is 1.42. The Bertz CT molecular complexity index is 676. The Hall–Kier alpha value is -0.940. The lowest BCUT2D eigenvalue weighted by molar-refractivity contribution is 0.0195. The zero-order valence-electron chi connectivity index (χ0n) is 19.6. The molecule has 8 heteroatoms. The SMILES string of the molecule is CN=C(NCCCN1CCN(Cc2ccccc2)CC1)N1CCC(N2CCOCC2)C1.I. The number of morpholine rings is 1. The molecule has 4 rings (SSSR count). The van der Waals surface area contributed by atoms with Crippen molar-refractivity contribution in [2.45, 2.75) is 25.4 Å². The van der Waals surface area contributed by atoms with Gasteiger partial charge in [-0.1, -0.05) is 30.3 Å². The molecule has 0 bridgehead atoms. The number of ether oxygens (including phenoxy) is 1. The van der Waals surface area contributed by atoms with Crippen LogP contribution >= 0.6 is 24.0 Å². The average molecular weight is 557 g/mol. The van der Waals surface area contributed by atoms with Gasteiger partial charge in [-0.05, 0) is 24.9 Å². The summed E-state index contributed by atoms with van der Waals surface area (Å²) in [6, 6.07) is 11.5. The lowest BCUT2D eigenvalue weighted by atomic mass is 10.2. The van der Waals surface area contributed by atoms with Crippen molar-refractivity contribution < 1.29 is 4.74 Å². The number of halogens is 1. The van der Waals surface area contributed by atoms with Gasteiger partial charge in [0.2, 0.25) is 0 Å². The first kappa shape index (κ1) is 25.7. The molecule has 180 valence electrons. The second-order valence-electron chi connectivity index (χ2n) is 8.97. The van der Waals surface area contributed by atoms with Crippen LogP contribution in [-0.4, -0.2) is 117 Å². The Balaban J connectivity index is 0.00000289. The van der Waals surface area contributed by atoms with E-state index in [4.69, 9.17) is 4.74 Å². The van der Waals surface area contributed by atoms with Crippen LogP contribution in [0.2, 0.25) is 0 Å². The summed E-state index contributed by atoms with van der Waals surface area (Å²) in [6.07, 6.45) is 2.40. The van der Waals surface area contributed by atoms with Gasteiger partial charge in [0.25, 0.3) is 0 Å². The standard InChI is InChI=1S/C24H40N6O.HI/c1-25-24(30-11-8-23(21-30)29-16-18-31-19-17-29)26-9-5-10-27-12-14-28(15-13-27)20-22-6-3-2-4-7-22;/h2-4,6-7,23H,5,8-21H2,1H3,(H,25,26);1H. The van der Waals surface area contributed by atoms with E-state index in [1.54, 1.807) is 0 Å². The summed E-state index contributed by atoms with van der Waals surface area (Å²) in [6.45, 7) is 14.0. The number of piperazine rings is 1. The molecule has 0 aromatic heterocycles. The highest BCUT2D eigenvalue weighted by Crippen LogP contribution is 2.17. The summed E-state index contributed by atoms with van der Waals surface area (Å²) < 4.78 is 5.50. The zero-order chi connectivity index (χ0) is 21.3. The molecule has 1 aromatic carbocycles. The number of aliphatic imine (C=N–C) groups is 1. The highest BCUT2D eigenvalue weighted by atomic mass is 127. The molecule has 3 aliphatic heterocycles. The number of likely N-dealkylation sites (tertiary alicyclic amines) is 1. The number of hydrogen-bond acceptors (Lipinski definition) is 5. The van der Waals surface area contributed by atoms with Crippen molar-refractivity contribution in [1.29, 1.82) is 0 Å². The smallest absolute Gasteiger partial charge is 0.193 e. The molecule has 32 heavy (non-hydrogen) atoms. The minimum atomic E-state index is 0. The number of benzene rings is 1. The van der Waals surface area contributed by atoms with E-state index in [1.165, 1.54) is 51.1 Å². The molecule has 3 aliphatic rings. The van der Waals surface area contributed by atoms with Gasteiger partial charge in [-0.3, -0.25) is 14.8 Å². The number of hydrogen-bond donors (Lipinski definition) is 1. The van der Waals surface area contributed by atoms with Crippen molar-refractivity contribution in [1.82, 2.24) is 24.9 Å². The summed E-state index contributed by atoms with van der Waals surface area (Å²) in [5.74, 6) is 1.07. The number of nitrogens with one attached hydrogen (secondary N) is 1. The Labute approximate surface area is 211 Å². The first-order chi connectivity index (χ1) is 15.3. The van der Waals surface area contributed by atoms with Crippen LogP contribution in [0.4, 0.5) is 0 Å². The van der Waals surface area contributed by atoms with Crippen LogP contribution in [0.1, 0.15) is 18.4 Å². The van der Waals surface area contributed by atoms with Gasteiger partial charge in [0, 0.05) is 78.5 Å². The second kappa shape index (κ2) is 13.7. The normalized spacial score (nSPS) is 23.8. The van der Waals surface area contributed by atoms with E-state index in [2.05, 4.69) is 60.2 Å². The molecular weight excluding hydrogens is 515 g/mol.